The number of nitrogens with zero attached hydrogens (tertiary/aromatic N) is 1. The monoisotopic (exact) mass is 480 g/mol. The number of likely N-dealkylation sites (tertiary alicyclic amines) is 1. The molecule has 6 atom stereocenters. The Bertz CT molecular complexity index is 752. The van der Waals surface area contributed by atoms with E-state index in [9.17, 15) is 24.3 Å². The third-order valence-corrected chi connectivity index (χ3v) is 7.43. The quantitative estimate of drug-likeness (QED) is 0.332. The van der Waals surface area contributed by atoms with Gasteiger partial charge in [-0.1, -0.05) is 54.4 Å². The highest BCUT2D eigenvalue weighted by Crippen LogP contribution is 2.35. The maximum absolute atomic E-state index is 13.6. The van der Waals surface area contributed by atoms with Crippen LogP contribution in [0.1, 0.15) is 73.6 Å². The highest BCUT2D eigenvalue weighted by Gasteiger charge is 2.46. The molecule has 2 unspecified atom stereocenters. The highest BCUT2D eigenvalue weighted by molar-refractivity contribution is 5.93. The average molecular weight is 481 g/mol. The zero-order chi connectivity index (χ0) is 25.7. The van der Waals surface area contributed by atoms with Gasteiger partial charge in [0, 0.05) is 12.5 Å². The van der Waals surface area contributed by atoms with E-state index in [-0.39, 0.29) is 41.4 Å². The number of primary amides is 1. The summed E-state index contributed by atoms with van der Waals surface area (Å²) < 4.78 is 0. The van der Waals surface area contributed by atoms with E-state index in [2.05, 4.69) is 10.6 Å². The number of hydrogen-bond acceptors (Lipinski definition) is 5. The van der Waals surface area contributed by atoms with E-state index in [0.717, 1.165) is 12.8 Å². The molecule has 0 aromatic carbocycles. The fourth-order valence-electron chi connectivity index (χ4n) is 4.72. The summed E-state index contributed by atoms with van der Waals surface area (Å²) in [6.07, 6.45) is 2.31. The number of amides is 4. The van der Waals surface area contributed by atoms with Crippen molar-refractivity contribution in [2.24, 2.45) is 35.3 Å². The van der Waals surface area contributed by atoms with Crippen molar-refractivity contribution in [3.05, 3.63) is 0 Å². The van der Waals surface area contributed by atoms with E-state index in [4.69, 9.17) is 5.73 Å². The Kier molecular flexibility index (Phi) is 9.91. The number of hydrogen-bond donors (Lipinski definition) is 4. The first kappa shape index (κ1) is 28.1. The van der Waals surface area contributed by atoms with E-state index in [0.29, 0.717) is 31.7 Å². The van der Waals surface area contributed by atoms with Crippen molar-refractivity contribution in [2.75, 3.05) is 6.54 Å². The fourth-order valence-corrected chi connectivity index (χ4v) is 4.72. The van der Waals surface area contributed by atoms with Crippen LogP contribution in [0, 0.1) is 29.6 Å². The molecule has 1 aliphatic carbocycles. The van der Waals surface area contributed by atoms with Crippen LogP contribution < -0.4 is 16.4 Å². The molecule has 0 bridgehead atoms. The predicted molar refractivity (Wildman–Crippen MR) is 129 cm³/mol. The number of carbonyl (C=O) groups excluding carboxylic acids is 4. The van der Waals surface area contributed by atoms with Gasteiger partial charge in [0.25, 0.3) is 0 Å². The minimum absolute atomic E-state index is 0.0747. The summed E-state index contributed by atoms with van der Waals surface area (Å²) >= 11 is 0. The van der Waals surface area contributed by atoms with Gasteiger partial charge in [-0.3, -0.25) is 19.2 Å². The molecule has 0 aromatic heterocycles. The molecule has 194 valence electrons. The largest absolute Gasteiger partial charge is 0.381 e. The van der Waals surface area contributed by atoms with Crippen LogP contribution in [0.5, 0.6) is 0 Å². The zero-order valence-electron chi connectivity index (χ0n) is 21.5. The second-order valence-corrected chi connectivity index (χ2v) is 10.9. The lowest BCUT2D eigenvalue weighted by Crippen LogP contribution is -2.59. The van der Waals surface area contributed by atoms with Crippen molar-refractivity contribution in [1.82, 2.24) is 15.5 Å². The minimum atomic E-state index is -1.48. The summed E-state index contributed by atoms with van der Waals surface area (Å²) in [5.74, 6) is -1.66. The molecule has 0 aromatic rings. The van der Waals surface area contributed by atoms with Crippen molar-refractivity contribution in [3.8, 4) is 0 Å². The van der Waals surface area contributed by atoms with Crippen molar-refractivity contribution in [3.63, 3.8) is 0 Å². The van der Waals surface area contributed by atoms with Crippen molar-refractivity contribution < 1.29 is 24.3 Å². The van der Waals surface area contributed by atoms with Crippen LogP contribution in [0.15, 0.2) is 0 Å². The molecule has 5 N–H and O–H groups in total. The number of rotatable bonds is 12. The van der Waals surface area contributed by atoms with Crippen molar-refractivity contribution in [2.45, 2.75) is 97.9 Å². The first-order valence-corrected chi connectivity index (χ1v) is 12.8. The molecule has 2 fully saturated rings. The summed E-state index contributed by atoms with van der Waals surface area (Å²) in [5, 5.41) is 16.1. The minimum Gasteiger partial charge on any atom is -0.381 e. The molecule has 2 rings (SSSR count). The van der Waals surface area contributed by atoms with Crippen LogP contribution in [-0.4, -0.2) is 64.4 Å². The predicted octanol–water partition coefficient (Wildman–Crippen LogP) is 1.18. The van der Waals surface area contributed by atoms with Crippen LogP contribution >= 0.6 is 0 Å². The molecular weight excluding hydrogens is 436 g/mol. The standard InChI is InChI=1S/C25H44N4O5/c1-7-15(6)23(32)28-19(14(4)5)25(34)29-11-10-17(13(2)3)20(29)24(33)27-18(12-16-8-9-16)21(30)22(26)31/h13-21,30H,7-12H2,1-6H3,(H2,26,31)(H,27,33)(H,28,32)/t15-,17+,18?,19-,20-,21?/m0/s1. The normalized spacial score (nSPS) is 24.0. The molecular formula is C25H44N4O5. The lowest BCUT2D eigenvalue weighted by Gasteiger charge is -2.34. The number of aliphatic hydroxyl groups excluding tert-OH is 1. The van der Waals surface area contributed by atoms with E-state index in [1.807, 2.05) is 41.5 Å². The van der Waals surface area contributed by atoms with Crippen LogP contribution in [0.3, 0.4) is 0 Å². The summed E-state index contributed by atoms with van der Waals surface area (Å²) in [6.45, 7) is 11.9. The van der Waals surface area contributed by atoms with Gasteiger partial charge in [-0.25, -0.2) is 0 Å². The molecule has 1 saturated heterocycles. The molecule has 1 aliphatic heterocycles. The molecule has 0 radical (unpaired) electrons. The first-order valence-electron chi connectivity index (χ1n) is 12.8. The molecule has 2 aliphatic rings. The van der Waals surface area contributed by atoms with Gasteiger partial charge in [-0.15, -0.1) is 0 Å². The number of nitrogens with one attached hydrogen (secondary N) is 2. The summed E-state index contributed by atoms with van der Waals surface area (Å²) in [7, 11) is 0. The molecule has 34 heavy (non-hydrogen) atoms. The van der Waals surface area contributed by atoms with E-state index < -0.39 is 30.1 Å². The van der Waals surface area contributed by atoms with Gasteiger partial charge in [0.1, 0.15) is 12.1 Å². The second kappa shape index (κ2) is 12.0. The Balaban J connectivity index is 2.26. The molecule has 4 amide bonds. The Hall–Kier alpha value is -2.16. The van der Waals surface area contributed by atoms with Gasteiger partial charge in [0.2, 0.25) is 23.6 Å². The average Bonchev–Trinajstić information content (AvgIpc) is 3.47. The first-order chi connectivity index (χ1) is 15.9. The molecule has 9 nitrogen and oxygen atoms in total. The highest BCUT2D eigenvalue weighted by atomic mass is 16.3. The number of carbonyl (C=O) groups is 4. The number of nitrogens with two attached hydrogens (primary N) is 1. The molecule has 1 saturated carbocycles. The molecule has 1 heterocycles. The zero-order valence-corrected chi connectivity index (χ0v) is 21.5. The maximum Gasteiger partial charge on any atom is 0.248 e. The molecule has 9 heteroatoms. The van der Waals surface area contributed by atoms with Gasteiger partial charge in [-0.2, -0.15) is 0 Å². The summed E-state index contributed by atoms with van der Waals surface area (Å²) in [6, 6.07) is -2.26. The smallest absolute Gasteiger partial charge is 0.248 e. The Morgan fingerprint density at radius 2 is 1.65 bits per heavy atom. The summed E-state index contributed by atoms with van der Waals surface area (Å²) in [5.41, 5.74) is 5.32. The lowest BCUT2D eigenvalue weighted by atomic mass is 9.87. The number of aliphatic hydroxyl groups is 1. The van der Waals surface area contributed by atoms with Crippen molar-refractivity contribution >= 4 is 23.6 Å². The Morgan fingerprint density at radius 3 is 2.12 bits per heavy atom. The summed E-state index contributed by atoms with van der Waals surface area (Å²) in [4.78, 5) is 53.0. The molecule has 0 spiro atoms. The third kappa shape index (κ3) is 6.93. The Labute approximate surface area is 203 Å². The van der Waals surface area contributed by atoms with Crippen LogP contribution in [0.2, 0.25) is 0 Å². The second-order valence-electron chi connectivity index (χ2n) is 10.9. The van der Waals surface area contributed by atoms with Crippen LogP contribution in [-0.2, 0) is 19.2 Å². The third-order valence-electron chi connectivity index (χ3n) is 7.43. The van der Waals surface area contributed by atoms with Gasteiger partial charge >= 0.3 is 0 Å². The van der Waals surface area contributed by atoms with Gasteiger partial charge < -0.3 is 26.4 Å². The maximum atomic E-state index is 13.6. The van der Waals surface area contributed by atoms with E-state index in [1.165, 1.54) is 0 Å². The van der Waals surface area contributed by atoms with Gasteiger partial charge in [0.15, 0.2) is 6.10 Å². The van der Waals surface area contributed by atoms with Crippen LogP contribution in [0.25, 0.3) is 0 Å². The van der Waals surface area contributed by atoms with Gasteiger partial charge in [-0.05, 0) is 42.9 Å². The SMILES string of the molecule is CC[C@H](C)C(=O)N[C@H](C(=O)N1CC[C@H](C(C)C)[C@H]1C(=O)NC(CC1CC1)C(O)C(N)=O)C(C)C. The van der Waals surface area contributed by atoms with Crippen LogP contribution in [0.4, 0.5) is 0 Å². The Morgan fingerprint density at radius 1 is 1.03 bits per heavy atom. The lowest BCUT2D eigenvalue weighted by molar-refractivity contribution is -0.144. The van der Waals surface area contributed by atoms with E-state index >= 15 is 0 Å². The topological polar surface area (TPSA) is 142 Å². The van der Waals surface area contributed by atoms with E-state index in [1.54, 1.807) is 4.90 Å². The van der Waals surface area contributed by atoms with Crippen molar-refractivity contribution in [1.29, 1.82) is 0 Å². The fraction of sp³-hybridized carbons (Fsp3) is 0.840. The van der Waals surface area contributed by atoms with Gasteiger partial charge in [0.05, 0.1) is 6.04 Å².